The van der Waals surface area contributed by atoms with Crippen molar-refractivity contribution < 1.29 is 19.1 Å². The number of hydrogen-bond donors (Lipinski definition) is 2. The molecule has 5 atom stereocenters. The third-order valence-electron chi connectivity index (χ3n) is 5.59. The lowest BCUT2D eigenvalue weighted by Gasteiger charge is -2.19. The van der Waals surface area contributed by atoms with Gasteiger partial charge in [0.1, 0.15) is 0 Å². The van der Waals surface area contributed by atoms with Gasteiger partial charge in [-0.2, -0.15) is 0 Å². The molecule has 27 heavy (non-hydrogen) atoms. The second-order valence-corrected chi connectivity index (χ2v) is 7.13. The zero-order chi connectivity index (χ0) is 18.8. The van der Waals surface area contributed by atoms with Gasteiger partial charge in [-0.05, 0) is 18.3 Å². The van der Waals surface area contributed by atoms with E-state index in [0.717, 1.165) is 6.42 Å². The number of aliphatic imine (C=N–C) groups is 1. The highest BCUT2D eigenvalue weighted by molar-refractivity contribution is 14.0. The Labute approximate surface area is 176 Å². The van der Waals surface area contributed by atoms with Crippen LogP contribution in [0.3, 0.4) is 0 Å². The molecule has 2 fully saturated rings. The third-order valence-corrected chi connectivity index (χ3v) is 5.59. The van der Waals surface area contributed by atoms with Crippen molar-refractivity contribution in [1.82, 2.24) is 15.5 Å². The molecule has 0 aromatic carbocycles. The van der Waals surface area contributed by atoms with E-state index in [2.05, 4.69) is 32.5 Å². The van der Waals surface area contributed by atoms with Crippen LogP contribution in [0.2, 0.25) is 0 Å². The number of fused-ring (bicyclic) bond motifs is 5. The zero-order valence-electron chi connectivity index (χ0n) is 15.8. The van der Waals surface area contributed by atoms with E-state index >= 15 is 0 Å². The van der Waals surface area contributed by atoms with Gasteiger partial charge in [0.2, 0.25) is 11.8 Å². The van der Waals surface area contributed by atoms with E-state index in [1.807, 2.05) is 0 Å². The number of imide groups is 1. The number of allylic oxidation sites excluding steroid dienone is 2. The fourth-order valence-corrected chi connectivity index (χ4v) is 4.23. The molecule has 1 saturated heterocycles. The average Bonchev–Trinajstić information content (AvgIpc) is 3.32. The second-order valence-electron chi connectivity index (χ2n) is 7.13. The number of esters is 1. The monoisotopic (exact) mass is 490 g/mol. The van der Waals surface area contributed by atoms with Gasteiger partial charge >= 0.3 is 5.97 Å². The molecule has 3 rings (SSSR count). The minimum Gasteiger partial charge on any atom is -0.469 e. The van der Waals surface area contributed by atoms with Crippen LogP contribution in [0.4, 0.5) is 0 Å². The van der Waals surface area contributed by atoms with Crippen LogP contribution in [0.5, 0.6) is 0 Å². The van der Waals surface area contributed by atoms with Crippen LogP contribution in [-0.2, 0) is 19.1 Å². The fraction of sp³-hybridized carbons (Fsp3) is 0.667. The third kappa shape index (κ3) is 4.12. The number of likely N-dealkylation sites (tertiary alicyclic amines) is 1. The molecule has 2 N–H and O–H groups in total. The Morgan fingerprint density at radius 3 is 2.37 bits per heavy atom. The van der Waals surface area contributed by atoms with E-state index in [4.69, 9.17) is 0 Å². The number of hydrogen-bond acceptors (Lipinski definition) is 5. The number of ether oxygens (including phenoxy) is 1. The van der Waals surface area contributed by atoms with Gasteiger partial charge in [0.25, 0.3) is 0 Å². The van der Waals surface area contributed by atoms with Crippen molar-refractivity contribution in [2.75, 3.05) is 33.8 Å². The molecule has 0 radical (unpaired) electrons. The minimum atomic E-state index is -0.303. The van der Waals surface area contributed by atoms with Crippen molar-refractivity contribution in [3.63, 3.8) is 0 Å². The second kappa shape index (κ2) is 9.03. The molecular weight excluding hydrogens is 463 g/mol. The summed E-state index contributed by atoms with van der Waals surface area (Å²) >= 11 is 0. The normalized spacial score (nSPS) is 29.4. The number of carbonyl (C=O) groups excluding carboxylic acids is 3. The Morgan fingerprint density at radius 1 is 1.26 bits per heavy atom. The summed E-state index contributed by atoms with van der Waals surface area (Å²) in [6.45, 7) is 2.87. The summed E-state index contributed by atoms with van der Waals surface area (Å²) in [6.07, 6.45) is 5.12. The van der Waals surface area contributed by atoms with Crippen molar-refractivity contribution in [2.45, 2.75) is 13.3 Å². The number of rotatable bonds is 6. The Bertz CT molecular complexity index is 636. The van der Waals surface area contributed by atoms with Crippen molar-refractivity contribution in [3.8, 4) is 0 Å². The van der Waals surface area contributed by atoms with Crippen LogP contribution in [0.15, 0.2) is 17.1 Å². The number of halogens is 1. The van der Waals surface area contributed by atoms with Gasteiger partial charge < -0.3 is 15.4 Å². The van der Waals surface area contributed by atoms with Crippen LogP contribution in [-0.4, -0.2) is 62.4 Å². The predicted octanol–water partition coefficient (Wildman–Crippen LogP) is 0.386. The molecule has 0 aromatic rings. The summed E-state index contributed by atoms with van der Waals surface area (Å²) in [7, 11) is 2.98. The molecular formula is C18H27IN4O4. The number of amides is 2. The molecule has 1 heterocycles. The van der Waals surface area contributed by atoms with E-state index in [1.165, 1.54) is 12.0 Å². The van der Waals surface area contributed by atoms with Gasteiger partial charge in [-0.3, -0.25) is 24.3 Å². The van der Waals surface area contributed by atoms with Gasteiger partial charge in [-0.1, -0.05) is 19.1 Å². The number of nitrogens with one attached hydrogen (secondary N) is 2. The van der Waals surface area contributed by atoms with Crippen LogP contribution in [0.25, 0.3) is 0 Å². The quantitative estimate of drug-likeness (QED) is 0.140. The highest BCUT2D eigenvalue weighted by Crippen LogP contribution is 2.52. The first-order chi connectivity index (χ1) is 12.5. The smallest absolute Gasteiger partial charge is 0.310 e. The Morgan fingerprint density at radius 2 is 1.85 bits per heavy atom. The number of nitrogens with zero attached hydrogens (tertiary/aromatic N) is 2. The van der Waals surface area contributed by atoms with Gasteiger partial charge in [0.15, 0.2) is 5.96 Å². The molecule has 8 nitrogen and oxygen atoms in total. The van der Waals surface area contributed by atoms with Crippen LogP contribution in [0, 0.1) is 29.6 Å². The van der Waals surface area contributed by atoms with E-state index in [-0.39, 0.29) is 71.3 Å². The molecule has 2 amide bonds. The highest BCUT2D eigenvalue weighted by atomic mass is 127. The molecule has 1 aliphatic heterocycles. The lowest BCUT2D eigenvalue weighted by atomic mass is 9.85. The van der Waals surface area contributed by atoms with Crippen LogP contribution >= 0.6 is 24.0 Å². The zero-order valence-corrected chi connectivity index (χ0v) is 18.1. The van der Waals surface area contributed by atoms with Crippen molar-refractivity contribution >= 4 is 47.7 Å². The van der Waals surface area contributed by atoms with E-state index < -0.39 is 0 Å². The number of guanidine groups is 1. The average molecular weight is 490 g/mol. The predicted molar refractivity (Wildman–Crippen MR) is 110 cm³/mol. The maximum Gasteiger partial charge on any atom is 0.310 e. The number of carbonyl (C=O) groups is 3. The lowest BCUT2D eigenvalue weighted by molar-refractivity contribution is -0.144. The molecule has 3 aliphatic rings. The standard InChI is InChI=1S/C18H26N4O4.HI/c1-10(17(25)26-3)9-21-18(19-2)20-6-7-22-15(23)13-11-4-5-12(8-11)14(13)16(22)24;/h4-5,10-14H,6-9H2,1-3H3,(H2,19,20,21);1H. The molecule has 2 aliphatic carbocycles. The molecule has 1 saturated carbocycles. The van der Waals surface area contributed by atoms with Crippen LogP contribution < -0.4 is 10.6 Å². The van der Waals surface area contributed by atoms with Crippen LogP contribution in [0.1, 0.15) is 13.3 Å². The van der Waals surface area contributed by atoms with E-state index in [1.54, 1.807) is 14.0 Å². The summed E-state index contributed by atoms with van der Waals surface area (Å²) in [4.78, 5) is 42.1. The summed E-state index contributed by atoms with van der Waals surface area (Å²) in [5, 5.41) is 6.11. The Hall–Kier alpha value is -1.65. The van der Waals surface area contributed by atoms with Gasteiger partial charge in [0, 0.05) is 26.7 Å². The van der Waals surface area contributed by atoms with Crippen molar-refractivity contribution in [1.29, 1.82) is 0 Å². The molecule has 0 spiro atoms. The SMILES string of the molecule is CN=C(NCCN1C(=O)C2C3C=CC(C3)C2C1=O)NCC(C)C(=O)OC.I. The Balaban J connectivity index is 0.00000261. The molecule has 150 valence electrons. The first kappa shape index (κ1) is 21.6. The maximum atomic E-state index is 12.6. The minimum absolute atomic E-state index is 0. The van der Waals surface area contributed by atoms with Gasteiger partial charge in [-0.15, -0.1) is 24.0 Å². The molecule has 0 aromatic heterocycles. The molecule has 9 heteroatoms. The summed E-state index contributed by atoms with van der Waals surface area (Å²) in [5.41, 5.74) is 0. The fourth-order valence-electron chi connectivity index (χ4n) is 4.23. The number of methoxy groups -OCH3 is 1. The van der Waals surface area contributed by atoms with Gasteiger partial charge in [-0.25, -0.2) is 0 Å². The van der Waals surface area contributed by atoms with Gasteiger partial charge in [0.05, 0.1) is 24.9 Å². The van der Waals surface area contributed by atoms with Crippen molar-refractivity contribution in [2.24, 2.45) is 34.6 Å². The van der Waals surface area contributed by atoms with E-state index in [0.29, 0.717) is 25.6 Å². The van der Waals surface area contributed by atoms with E-state index in [9.17, 15) is 14.4 Å². The molecule has 5 unspecified atom stereocenters. The summed E-state index contributed by atoms with van der Waals surface area (Å²) in [6, 6.07) is 0. The lowest BCUT2D eigenvalue weighted by Crippen LogP contribution is -2.45. The molecule has 2 bridgehead atoms. The highest BCUT2D eigenvalue weighted by Gasteiger charge is 2.58. The first-order valence-electron chi connectivity index (χ1n) is 9.03. The maximum absolute atomic E-state index is 12.6. The largest absolute Gasteiger partial charge is 0.469 e. The Kier molecular flexibility index (Phi) is 7.24. The van der Waals surface area contributed by atoms with Crippen molar-refractivity contribution in [3.05, 3.63) is 12.2 Å². The summed E-state index contributed by atoms with van der Waals surface area (Å²) < 4.78 is 4.68. The topological polar surface area (TPSA) is 100 Å². The summed E-state index contributed by atoms with van der Waals surface area (Å²) in [5.74, 6) is -0.0174. The first-order valence-corrected chi connectivity index (χ1v) is 9.03.